The Labute approximate surface area is 316 Å². The maximum absolute atomic E-state index is 3.06. The van der Waals surface area contributed by atoms with Crippen molar-refractivity contribution < 1.29 is 23.3 Å². The number of rotatable bonds is 2. The molecule has 0 aromatic heterocycles. The SMILES string of the molecule is Cc1cc2c(-c3cccc4ccccc34)ccc(C)c2[cH-]1.Cc1cc2c(-c3cccc4ccccc34)ccc(C)c2[cH-]1.Cl.Cl.[CH3-].[CH3-].[Si]=[Zr]. The summed E-state index contributed by atoms with van der Waals surface area (Å²) >= 11 is 1.36. The molecular weight excluding hydrogens is 719 g/mol. The fourth-order valence-electron chi connectivity index (χ4n) is 6.57. The second kappa shape index (κ2) is 17.9. The van der Waals surface area contributed by atoms with E-state index in [1.54, 1.807) is 0 Å². The minimum atomic E-state index is 0. The first-order valence-electron chi connectivity index (χ1n) is 15.0. The van der Waals surface area contributed by atoms with Crippen molar-refractivity contribution in [3.8, 4) is 22.3 Å². The maximum atomic E-state index is 3.06. The molecule has 0 aliphatic rings. The molecule has 0 spiro atoms. The molecule has 48 heavy (non-hydrogen) atoms. The van der Waals surface area contributed by atoms with E-state index in [-0.39, 0.29) is 39.7 Å². The number of benzene rings is 6. The van der Waals surface area contributed by atoms with Crippen molar-refractivity contribution in [2.75, 3.05) is 0 Å². The summed E-state index contributed by atoms with van der Waals surface area (Å²) < 4.78 is 0. The Balaban J connectivity index is 0.000000294. The molecule has 2 radical (unpaired) electrons. The van der Waals surface area contributed by atoms with E-state index >= 15 is 0 Å². The molecule has 0 fully saturated rings. The van der Waals surface area contributed by atoms with Crippen LogP contribution in [0.3, 0.4) is 0 Å². The average molecular weight is 761 g/mol. The Morgan fingerprint density at radius 1 is 0.417 bits per heavy atom. The van der Waals surface area contributed by atoms with Crippen LogP contribution in [0.2, 0.25) is 0 Å². The molecule has 0 nitrogen and oxygen atoms in total. The molecule has 8 aromatic carbocycles. The molecule has 0 saturated carbocycles. The van der Waals surface area contributed by atoms with Gasteiger partial charge in [0.1, 0.15) is 0 Å². The van der Waals surface area contributed by atoms with Crippen molar-refractivity contribution in [1.29, 1.82) is 0 Å². The summed E-state index contributed by atoms with van der Waals surface area (Å²) in [5.41, 5.74) is 10.7. The molecule has 0 aliphatic carbocycles. The van der Waals surface area contributed by atoms with Crippen LogP contribution in [-0.2, 0) is 23.3 Å². The molecule has 0 unspecified atom stereocenters. The van der Waals surface area contributed by atoms with Crippen LogP contribution < -0.4 is 0 Å². The third-order valence-corrected chi connectivity index (χ3v) is 8.66. The first kappa shape index (κ1) is 40.9. The van der Waals surface area contributed by atoms with Gasteiger partial charge < -0.3 is 14.9 Å². The van der Waals surface area contributed by atoms with Crippen LogP contribution in [0.5, 0.6) is 0 Å². The van der Waals surface area contributed by atoms with Crippen LogP contribution in [0, 0.1) is 42.5 Å². The summed E-state index contributed by atoms with van der Waals surface area (Å²) in [6, 6.07) is 48.5. The third-order valence-electron chi connectivity index (χ3n) is 8.66. The first-order valence-corrected chi connectivity index (χ1v) is 19.2. The van der Waals surface area contributed by atoms with Gasteiger partial charge in [-0.3, -0.25) is 0 Å². The van der Waals surface area contributed by atoms with Crippen molar-refractivity contribution in [3.63, 3.8) is 0 Å². The van der Waals surface area contributed by atoms with Gasteiger partial charge in [0.15, 0.2) is 0 Å². The third kappa shape index (κ3) is 7.96. The molecule has 4 heteroatoms. The Morgan fingerprint density at radius 3 is 1.15 bits per heavy atom. The topological polar surface area (TPSA) is 0 Å². The second-order valence-electron chi connectivity index (χ2n) is 11.6. The average Bonchev–Trinajstić information content (AvgIpc) is 3.66. The number of fused-ring (bicyclic) bond motifs is 4. The van der Waals surface area contributed by atoms with Crippen LogP contribution in [0.25, 0.3) is 65.3 Å². The van der Waals surface area contributed by atoms with E-state index in [1.165, 1.54) is 111 Å². The van der Waals surface area contributed by atoms with Crippen LogP contribution in [-0.4, -0.2) is 6.88 Å². The molecule has 0 bridgehead atoms. The molecule has 0 heterocycles. The predicted octanol–water partition coefficient (Wildman–Crippen LogP) is 13.4. The molecule has 0 saturated heterocycles. The van der Waals surface area contributed by atoms with E-state index in [4.69, 9.17) is 0 Å². The summed E-state index contributed by atoms with van der Waals surface area (Å²) in [6.45, 7) is 11.8. The zero-order valence-electron chi connectivity index (χ0n) is 28.5. The van der Waals surface area contributed by atoms with Gasteiger partial charge in [-0.2, -0.15) is 12.1 Å². The van der Waals surface area contributed by atoms with Crippen LogP contribution >= 0.6 is 24.8 Å². The Kier molecular flexibility index (Phi) is 15.3. The summed E-state index contributed by atoms with van der Waals surface area (Å²) in [7, 11) is 0. The normalized spacial score (nSPS) is 9.98. The van der Waals surface area contributed by atoms with E-state index in [0.717, 1.165) is 0 Å². The fraction of sp³-hybridized carbons (Fsp3) is 0.0909. The van der Waals surface area contributed by atoms with Crippen LogP contribution in [0.1, 0.15) is 22.3 Å². The van der Waals surface area contributed by atoms with Gasteiger partial charge in [-0.05, 0) is 32.7 Å². The van der Waals surface area contributed by atoms with E-state index in [0.29, 0.717) is 0 Å². The van der Waals surface area contributed by atoms with Crippen molar-refractivity contribution in [1.82, 2.24) is 0 Å². The summed E-state index contributed by atoms with van der Waals surface area (Å²) in [6.07, 6.45) is 0. The monoisotopic (exact) mass is 758 g/mol. The fourth-order valence-corrected chi connectivity index (χ4v) is 6.57. The molecule has 244 valence electrons. The molecular formula is C44H42Cl2SiZr-4. The van der Waals surface area contributed by atoms with E-state index in [1.807, 2.05) is 0 Å². The van der Waals surface area contributed by atoms with Gasteiger partial charge in [-0.1, -0.05) is 136 Å². The minimum absolute atomic E-state index is 0. The molecule has 0 atom stereocenters. The number of hydrogen-bond acceptors (Lipinski definition) is 0. The van der Waals surface area contributed by atoms with Gasteiger partial charge in [-0.25, -0.2) is 0 Å². The number of hydrogen-bond donors (Lipinski definition) is 0. The number of halogens is 2. The Morgan fingerprint density at radius 2 is 0.750 bits per heavy atom. The summed E-state index contributed by atoms with van der Waals surface area (Å²) in [4.78, 5) is 0. The molecule has 0 aliphatic heterocycles. The standard InChI is InChI=1S/2C21H17.2CH3.2ClH.Si.Zr/c2*1-14-12-20-15(2)10-11-19(21(20)13-14)18-9-5-7-16-6-3-4-8-17(16)18;;;;;;/h2*3-13H,1-2H3;2*1H3;2*1H;;/q4*-1;;;;. The van der Waals surface area contributed by atoms with E-state index in [9.17, 15) is 0 Å². The summed E-state index contributed by atoms with van der Waals surface area (Å²) in [5, 5.41) is 10.7. The van der Waals surface area contributed by atoms with Crippen LogP contribution in [0.15, 0.2) is 133 Å². The van der Waals surface area contributed by atoms with Crippen molar-refractivity contribution in [2.24, 2.45) is 0 Å². The van der Waals surface area contributed by atoms with Crippen molar-refractivity contribution in [3.05, 3.63) is 171 Å². The van der Waals surface area contributed by atoms with Gasteiger partial charge in [0.25, 0.3) is 0 Å². The molecule has 0 amide bonds. The quantitative estimate of drug-likeness (QED) is 0.122. The van der Waals surface area contributed by atoms with Gasteiger partial charge in [0.05, 0.1) is 0 Å². The van der Waals surface area contributed by atoms with Crippen molar-refractivity contribution in [2.45, 2.75) is 27.7 Å². The number of aryl methyl sites for hydroxylation is 4. The van der Waals surface area contributed by atoms with Gasteiger partial charge >= 0.3 is 30.2 Å². The molecule has 8 rings (SSSR count). The predicted molar refractivity (Wildman–Crippen MR) is 217 cm³/mol. The molecule has 8 aromatic rings. The van der Waals surface area contributed by atoms with Crippen LogP contribution in [0.4, 0.5) is 0 Å². The van der Waals surface area contributed by atoms with Crippen molar-refractivity contribution >= 4 is 74.8 Å². The molecule has 0 N–H and O–H groups in total. The zero-order chi connectivity index (χ0) is 30.8. The van der Waals surface area contributed by atoms with Gasteiger partial charge in [0, 0.05) is 0 Å². The van der Waals surface area contributed by atoms with E-state index in [2.05, 4.69) is 168 Å². The van der Waals surface area contributed by atoms with E-state index < -0.39 is 0 Å². The van der Waals surface area contributed by atoms with Gasteiger partial charge in [0.2, 0.25) is 0 Å². The Hall–Kier alpha value is -3.26. The van der Waals surface area contributed by atoms with Gasteiger partial charge in [-0.15, -0.1) is 92.9 Å². The Bertz CT molecular complexity index is 2100. The second-order valence-corrected chi connectivity index (χ2v) is 11.6. The zero-order valence-corrected chi connectivity index (χ0v) is 33.6. The first-order chi connectivity index (χ1) is 21.5. The summed E-state index contributed by atoms with van der Waals surface area (Å²) in [5.74, 6) is 0.